The Balaban J connectivity index is 2.09. The number of aryl methyl sites for hydroxylation is 6. The van der Waals surface area contributed by atoms with Crippen LogP contribution in [0.1, 0.15) is 33.4 Å². The van der Waals surface area contributed by atoms with Crippen LogP contribution in [0.2, 0.25) is 0 Å². The van der Waals surface area contributed by atoms with E-state index in [-0.39, 0.29) is 0 Å². The molecule has 0 heterocycles. The van der Waals surface area contributed by atoms with Crippen LogP contribution in [0.3, 0.4) is 0 Å². The van der Waals surface area contributed by atoms with Crippen LogP contribution in [0.4, 0.5) is 0 Å². The first-order valence-corrected chi connectivity index (χ1v) is 8.84. The van der Waals surface area contributed by atoms with Crippen LogP contribution in [0.5, 0.6) is 11.5 Å². The summed E-state index contributed by atoms with van der Waals surface area (Å²) in [5.41, 5.74) is 7.25. The fraction of sp³-hybridized carbons (Fsp3) is 0.333. The van der Waals surface area contributed by atoms with Gasteiger partial charge < -0.3 is 0 Å². The molecule has 0 fully saturated rings. The summed E-state index contributed by atoms with van der Waals surface area (Å²) in [6.07, 6.45) is 0. The first kappa shape index (κ1) is 16.0. The van der Waals surface area contributed by atoms with Gasteiger partial charge in [-0.15, -0.1) is 0 Å². The van der Waals surface area contributed by atoms with Crippen molar-refractivity contribution >= 4 is 16.1 Å². The Labute approximate surface area is 134 Å². The molecule has 0 aliphatic carbocycles. The van der Waals surface area contributed by atoms with Crippen LogP contribution in [0, 0.1) is 41.5 Å². The van der Waals surface area contributed by atoms with Gasteiger partial charge in [0.25, 0.3) is 0 Å². The molecular weight excluding hydrogens is 321 g/mol. The van der Waals surface area contributed by atoms with E-state index in [1.807, 2.05) is 0 Å². The standard InChI is InChI=1S/C18H22GeO2/c1-11-7-13(3)17(14(4)8-11)20-19-21-18-15(5)9-12(2)10-16(18)6/h7-10H,1-6H3. The van der Waals surface area contributed by atoms with Gasteiger partial charge in [-0.3, -0.25) is 0 Å². The van der Waals surface area contributed by atoms with Crippen LogP contribution in [-0.4, -0.2) is 16.1 Å². The molecule has 0 aliphatic heterocycles. The Bertz CT molecular complexity index is 559. The minimum absolute atomic E-state index is 0.963. The zero-order valence-electron chi connectivity index (χ0n) is 13.6. The van der Waals surface area contributed by atoms with E-state index in [0.29, 0.717) is 0 Å². The quantitative estimate of drug-likeness (QED) is 0.760. The molecule has 2 rings (SSSR count). The normalized spacial score (nSPS) is 10.6. The molecule has 3 heteroatoms. The molecule has 2 radical (unpaired) electrons. The van der Waals surface area contributed by atoms with E-state index in [9.17, 15) is 0 Å². The van der Waals surface area contributed by atoms with Crippen molar-refractivity contribution in [3.8, 4) is 11.5 Å². The Morgan fingerprint density at radius 2 is 0.857 bits per heavy atom. The number of hydrogen-bond donors (Lipinski definition) is 0. The molecule has 0 amide bonds. The van der Waals surface area contributed by atoms with E-state index in [4.69, 9.17) is 7.53 Å². The summed E-state index contributed by atoms with van der Waals surface area (Å²) in [7, 11) is 0. The molecule has 110 valence electrons. The van der Waals surface area contributed by atoms with Crippen LogP contribution in [0.15, 0.2) is 24.3 Å². The van der Waals surface area contributed by atoms with Crippen molar-refractivity contribution in [1.82, 2.24) is 0 Å². The van der Waals surface area contributed by atoms with E-state index in [1.165, 1.54) is 33.4 Å². The SMILES string of the molecule is Cc1cc(C)c([O][Ge][O]c2c(C)cc(C)cc2C)c(C)c1. The van der Waals surface area contributed by atoms with Crippen molar-refractivity contribution < 1.29 is 7.53 Å². The van der Waals surface area contributed by atoms with Gasteiger partial charge >= 0.3 is 134 Å². The number of benzene rings is 2. The summed E-state index contributed by atoms with van der Waals surface area (Å²) < 4.78 is 11.9. The Morgan fingerprint density at radius 3 is 1.14 bits per heavy atom. The average Bonchev–Trinajstić information content (AvgIpc) is 2.34. The van der Waals surface area contributed by atoms with Crippen molar-refractivity contribution in [1.29, 1.82) is 0 Å². The summed E-state index contributed by atoms with van der Waals surface area (Å²) in [5, 5.41) is 0. The van der Waals surface area contributed by atoms with Crippen molar-refractivity contribution in [3.05, 3.63) is 57.6 Å². The molecule has 2 aromatic rings. The number of hydrogen-bond acceptors (Lipinski definition) is 2. The second kappa shape index (κ2) is 6.56. The zero-order valence-corrected chi connectivity index (χ0v) is 15.7. The fourth-order valence-corrected chi connectivity index (χ4v) is 4.55. The molecule has 21 heavy (non-hydrogen) atoms. The maximum absolute atomic E-state index is 5.97. The van der Waals surface area contributed by atoms with Gasteiger partial charge in [-0.2, -0.15) is 0 Å². The van der Waals surface area contributed by atoms with Crippen LogP contribution < -0.4 is 7.53 Å². The van der Waals surface area contributed by atoms with E-state index >= 15 is 0 Å². The Hall–Kier alpha value is -1.42. The van der Waals surface area contributed by atoms with Gasteiger partial charge in [0, 0.05) is 0 Å². The molecule has 0 aliphatic rings. The van der Waals surface area contributed by atoms with Gasteiger partial charge in [-0.25, -0.2) is 0 Å². The first-order valence-electron chi connectivity index (χ1n) is 7.13. The van der Waals surface area contributed by atoms with E-state index in [1.54, 1.807) is 0 Å². The van der Waals surface area contributed by atoms with Gasteiger partial charge in [0.1, 0.15) is 0 Å². The summed E-state index contributed by atoms with van der Waals surface area (Å²) >= 11 is -0.963. The molecule has 0 aromatic heterocycles. The Kier molecular flexibility index (Phi) is 4.99. The molecule has 0 saturated heterocycles. The van der Waals surface area contributed by atoms with Crippen molar-refractivity contribution in [3.63, 3.8) is 0 Å². The van der Waals surface area contributed by atoms with Gasteiger partial charge in [0.05, 0.1) is 0 Å². The van der Waals surface area contributed by atoms with E-state index in [2.05, 4.69) is 65.8 Å². The topological polar surface area (TPSA) is 18.5 Å². The molecule has 0 atom stereocenters. The molecule has 0 bridgehead atoms. The van der Waals surface area contributed by atoms with Gasteiger partial charge in [-0.05, 0) is 0 Å². The monoisotopic (exact) mass is 344 g/mol. The molecule has 0 saturated carbocycles. The van der Waals surface area contributed by atoms with Gasteiger partial charge in [0.2, 0.25) is 0 Å². The summed E-state index contributed by atoms with van der Waals surface area (Å²) in [6, 6.07) is 8.60. The predicted molar refractivity (Wildman–Crippen MR) is 88.3 cm³/mol. The second-order valence-electron chi connectivity index (χ2n) is 5.74. The zero-order chi connectivity index (χ0) is 15.6. The van der Waals surface area contributed by atoms with Crippen molar-refractivity contribution in [2.75, 3.05) is 0 Å². The Morgan fingerprint density at radius 1 is 0.571 bits per heavy atom. The van der Waals surface area contributed by atoms with Gasteiger partial charge in [-0.1, -0.05) is 0 Å². The van der Waals surface area contributed by atoms with Crippen LogP contribution in [0.25, 0.3) is 0 Å². The molecule has 0 N–H and O–H groups in total. The third-order valence-electron chi connectivity index (χ3n) is 3.50. The third kappa shape index (κ3) is 3.82. The minimum atomic E-state index is -0.963. The summed E-state index contributed by atoms with van der Waals surface area (Å²) in [4.78, 5) is 0. The average molecular weight is 343 g/mol. The molecule has 0 unspecified atom stereocenters. The molecule has 2 aromatic carbocycles. The third-order valence-corrected chi connectivity index (χ3v) is 4.70. The molecular formula is C18H22GeO2. The summed E-state index contributed by atoms with van der Waals surface area (Å²) in [5.74, 6) is 1.95. The van der Waals surface area contributed by atoms with Crippen LogP contribution in [-0.2, 0) is 0 Å². The van der Waals surface area contributed by atoms with E-state index in [0.717, 1.165) is 11.5 Å². The van der Waals surface area contributed by atoms with Crippen molar-refractivity contribution in [2.24, 2.45) is 0 Å². The fourth-order valence-electron chi connectivity index (χ4n) is 2.76. The summed E-state index contributed by atoms with van der Waals surface area (Å²) in [6.45, 7) is 12.6. The second-order valence-corrected chi connectivity index (χ2v) is 6.95. The van der Waals surface area contributed by atoms with Crippen LogP contribution >= 0.6 is 0 Å². The first-order chi connectivity index (χ1) is 9.88. The number of rotatable bonds is 4. The maximum atomic E-state index is 5.97. The predicted octanol–water partition coefficient (Wildman–Crippen LogP) is 4.53. The molecule has 0 spiro atoms. The van der Waals surface area contributed by atoms with E-state index < -0.39 is 16.1 Å². The van der Waals surface area contributed by atoms with Gasteiger partial charge in [0.15, 0.2) is 0 Å². The van der Waals surface area contributed by atoms with Crippen molar-refractivity contribution in [2.45, 2.75) is 41.5 Å². The molecule has 2 nitrogen and oxygen atoms in total.